The minimum absolute atomic E-state index is 0.822. The summed E-state index contributed by atoms with van der Waals surface area (Å²) in [4.78, 5) is 7.74. The van der Waals surface area contributed by atoms with Crippen molar-refractivity contribution in [3.63, 3.8) is 0 Å². The van der Waals surface area contributed by atoms with Crippen LogP contribution < -0.4 is 0 Å². The van der Waals surface area contributed by atoms with Gasteiger partial charge in [0.15, 0.2) is 0 Å². The average Bonchev–Trinajstić information content (AvgIpc) is 2.74. The zero-order valence-corrected chi connectivity index (χ0v) is 9.75. The van der Waals surface area contributed by atoms with E-state index in [0.29, 0.717) is 0 Å². The highest BCUT2D eigenvalue weighted by molar-refractivity contribution is 4.84. The summed E-state index contributed by atoms with van der Waals surface area (Å²) in [6.07, 6.45) is 7.09. The molecule has 0 radical (unpaired) electrons. The first kappa shape index (κ1) is 13.3. The van der Waals surface area contributed by atoms with Crippen molar-refractivity contribution in [2.75, 3.05) is 0 Å². The first-order valence-corrected chi connectivity index (χ1v) is 4.96. The zero-order valence-electron chi connectivity index (χ0n) is 9.75. The van der Waals surface area contributed by atoms with Gasteiger partial charge in [0.2, 0.25) is 0 Å². The van der Waals surface area contributed by atoms with E-state index in [1.54, 1.807) is 29.3 Å². The maximum absolute atomic E-state index is 3.87. The minimum Gasteiger partial charge on any atom is -0.276 e. The largest absolute Gasteiger partial charge is 0.276 e. The van der Waals surface area contributed by atoms with Crippen molar-refractivity contribution in [1.82, 2.24) is 19.7 Å². The van der Waals surface area contributed by atoms with Gasteiger partial charge in [-0.1, -0.05) is 13.8 Å². The summed E-state index contributed by atoms with van der Waals surface area (Å²) < 4.78 is 1.75. The van der Waals surface area contributed by atoms with E-state index in [1.807, 2.05) is 40.1 Å². The molecule has 0 spiro atoms. The van der Waals surface area contributed by atoms with E-state index >= 15 is 0 Å². The van der Waals surface area contributed by atoms with Crippen molar-refractivity contribution in [2.24, 2.45) is 7.05 Å². The third-order valence-electron chi connectivity index (χ3n) is 1.33. The van der Waals surface area contributed by atoms with Crippen LogP contribution in [-0.4, -0.2) is 19.7 Å². The summed E-state index contributed by atoms with van der Waals surface area (Å²) in [6.45, 7) is 5.86. The Labute approximate surface area is 91.0 Å². The minimum atomic E-state index is 0.822. The maximum atomic E-state index is 3.87. The topological polar surface area (TPSA) is 43.6 Å². The van der Waals surface area contributed by atoms with Crippen LogP contribution in [0.3, 0.4) is 0 Å². The molecule has 0 aliphatic heterocycles. The van der Waals surface area contributed by atoms with Crippen LogP contribution in [0.25, 0.3) is 0 Å². The summed E-state index contributed by atoms with van der Waals surface area (Å²) >= 11 is 0. The molecule has 4 heteroatoms. The first-order valence-electron chi connectivity index (χ1n) is 4.96. The summed E-state index contributed by atoms with van der Waals surface area (Å²) in [5.74, 6) is 0.822. The first-order chi connectivity index (χ1) is 7.29. The lowest BCUT2D eigenvalue weighted by Crippen LogP contribution is -1.83. The average molecular weight is 206 g/mol. The maximum Gasteiger partial charge on any atom is 0.125 e. The van der Waals surface area contributed by atoms with Crippen LogP contribution in [0.2, 0.25) is 0 Å². The number of hydrogen-bond acceptors (Lipinski definition) is 3. The lowest BCUT2D eigenvalue weighted by atomic mass is 10.6. The van der Waals surface area contributed by atoms with Gasteiger partial charge in [-0.05, 0) is 19.1 Å². The molecule has 15 heavy (non-hydrogen) atoms. The Bertz CT molecular complexity index is 316. The smallest absolute Gasteiger partial charge is 0.125 e. The Morgan fingerprint density at radius 2 is 1.60 bits per heavy atom. The van der Waals surface area contributed by atoms with Gasteiger partial charge in [0.05, 0.1) is 0 Å². The summed E-state index contributed by atoms with van der Waals surface area (Å²) in [5, 5.41) is 3.83. The molecule has 0 N–H and O–H groups in total. The molecule has 0 saturated heterocycles. The Morgan fingerprint density at radius 3 is 1.80 bits per heavy atom. The monoisotopic (exact) mass is 206 g/mol. The molecule has 2 aromatic heterocycles. The van der Waals surface area contributed by atoms with Crippen molar-refractivity contribution in [3.05, 3.63) is 42.7 Å². The fourth-order valence-corrected chi connectivity index (χ4v) is 0.719. The third kappa shape index (κ3) is 7.37. The molecular weight excluding hydrogens is 188 g/mol. The lowest BCUT2D eigenvalue weighted by molar-refractivity contribution is 0.768. The molecule has 0 atom stereocenters. The molecule has 0 unspecified atom stereocenters. The van der Waals surface area contributed by atoms with E-state index in [2.05, 4.69) is 15.1 Å². The third-order valence-corrected chi connectivity index (χ3v) is 1.33. The molecular formula is C11H18N4. The van der Waals surface area contributed by atoms with Gasteiger partial charge >= 0.3 is 0 Å². The molecule has 0 aliphatic carbocycles. The van der Waals surface area contributed by atoms with Crippen LogP contribution in [0.1, 0.15) is 19.7 Å². The van der Waals surface area contributed by atoms with Gasteiger partial charge in [-0.25, -0.2) is 9.97 Å². The molecule has 82 valence electrons. The quantitative estimate of drug-likeness (QED) is 0.664. The van der Waals surface area contributed by atoms with E-state index in [9.17, 15) is 0 Å². The number of hydrogen-bond donors (Lipinski definition) is 0. The highest BCUT2D eigenvalue weighted by Gasteiger charge is 1.74. The van der Waals surface area contributed by atoms with Gasteiger partial charge in [-0.3, -0.25) is 4.68 Å². The molecule has 0 amide bonds. The number of rotatable bonds is 0. The van der Waals surface area contributed by atoms with Gasteiger partial charge in [0.25, 0.3) is 0 Å². The lowest BCUT2D eigenvalue weighted by Gasteiger charge is -1.81. The molecule has 2 rings (SSSR count). The number of aryl methyl sites for hydroxylation is 2. The van der Waals surface area contributed by atoms with Gasteiger partial charge in [0.1, 0.15) is 5.82 Å². The van der Waals surface area contributed by atoms with Crippen LogP contribution in [0, 0.1) is 6.92 Å². The second-order valence-corrected chi connectivity index (χ2v) is 2.48. The van der Waals surface area contributed by atoms with Gasteiger partial charge in [-0.2, -0.15) is 5.10 Å². The van der Waals surface area contributed by atoms with Gasteiger partial charge in [0, 0.05) is 31.8 Å². The molecule has 2 aromatic rings. The van der Waals surface area contributed by atoms with Gasteiger partial charge in [-0.15, -0.1) is 0 Å². The van der Waals surface area contributed by atoms with E-state index in [0.717, 1.165) is 5.82 Å². The fraction of sp³-hybridized carbons (Fsp3) is 0.364. The summed E-state index contributed by atoms with van der Waals surface area (Å²) in [7, 11) is 1.89. The number of aromatic nitrogens is 4. The second-order valence-electron chi connectivity index (χ2n) is 2.48. The predicted octanol–water partition coefficient (Wildman–Crippen LogP) is 2.23. The van der Waals surface area contributed by atoms with Crippen LogP contribution in [0.5, 0.6) is 0 Å². The van der Waals surface area contributed by atoms with Crippen LogP contribution in [0.15, 0.2) is 36.9 Å². The fourth-order valence-electron chi connectivity index (χ4n) is 0.719. The molecule has 0 bridgehead atoms. The molecule has 0 fully saturated rings. The van der Waals surface area contributed by atoms with Crippen molar-refractivity contribution in [2.45, 2.75) is 20.8 Å². The molecule has 0 saturated carbocycles. The van der Waals surface area contributed by atoms with Crippen molar-refractivity contribution < 1.29 is 0 Å². The van der Waals surface area contributed by atoms with Crippen LogP contribution >= 0.6 is 0 Å². The molecule has 0 aliphatic rings. The highest BCUT2D eigenvalue weighted by atomic mass is 15.2. The Hall–Kier alpha value is -1.71. The Balaban J connectivity index is 0.000000227. The normalized spacial score (nSPS) is 8.00. The summed E-state index contributed by atoms with van der Waals surface area (Å²) in [6, 6.07) is 3.69. The van der Waals surface area contributed by atoms with Crippen molar-refractivity contribution >= 4 is 0 Å². The SMILES string of the molecule is CC.Cc1ncccn1.Cn1cccn1. The van der Waals surface area contributed by atoms with E-state index in [-0.39, 0.29) is 0 Å². The summed E-state index contributed by atoms with van der Waals surface area (Å²) in [5.41, 5.74) is 0. The highest BCUT2D eigenvalue weighted by Crippen LogP contribution is 1.78. The van der Waals surface area contributed by atoms with E-state index in [1.165, 1.54) is 0 Å². The van der Waals surface area contributed by atoms with Crippen LogP contribution in [-0.2, 0) is 7.05 Å². The standard InChI is InChI=1S/C5H6N2.C4H6N2.C2H6/c1-5-6-3-2-4-7-5;1-6-4-2-3-5-6;1-2/h2-4H,1H3;2-4H,1H3;1-2H3. The number of nitrogens with zero attached hydrogens (tertiary/aromatic N) is 4. The Kier molecular flexibility index (Phi) is 7.86. The predicted molar refractivity (Wildman–Crippen MR) is 61.3 cm³/mol. The van der Waals surface area contributed by atoms with Crippen LogP contribution in [0.4, 0.5) is 0 Å². The van der Waals surface area contributed by atoms with E-state index < -0.39 is 0 Å². The van der Waals surface area contributed by atoms with Crippen molar-refractivity contribution in [1.29, 1.82) is 0 Å². The van der Waals surface area contributed by atoms with Crippen molar-refractivity contribution in [3.8, 4) is 0 Å². The second kappa shape index (κ2) is 8.87. The van der Waals surface area contributed by atoms with E-state index in [4.69, 9.17) is 0 Å². The zero-order chi connectivity index (χ0) is 11.5. The Morgan fingerprint density at radius 1 is 1.00 bits per heavy atom. The molecule has 2 heterocycles. The molecule has 0 aromatic carbocycles. The van der Waals surface area contributed by atoms with Gasteiger partial charge < -0.3 is 0 Å². The molecule has 4 nitrogen and oxygen atoms in total.